The first kappa shape index (κ1) is 14.5. The maximum atomic E-state index is 14.0. The molecule has 0 spiro atoms. The van der Waals surface area contributed by atoms with E-state index in [0.29, 0.717) is 27.6 Å². The maximum absolute atomic E-state index is 14.0. The molecule has 0 bridgehead atoms. The van der Waals surface area contributed by atoms with Crippen LogP contribution in [0, 0.1) is 5.82 Å². The molecule has 118 valence electrons. The van der Waals surface area contributed by atoms with Crippen LogP contribution in [0.5, 0.6) is 0 Å². The van der Waals surface area contributed by atoms with Crippen molar-refractivity contribution in [3.05, 3.63) is 58.2 Å². The Balaban J connectivity index is 1.71. The molecule has 0 saturated heterocycles. The highest BCUT2D eigenvalue weighted by molar-refractivity contribution is 9.10. The number of hydrogen-bond acceptors (Lipinski definition) is 1. The second kappa shape index (κ2) is 5.23. The van der Waals surface area contributed by atoms with Crippen molar-refractivity contribution in [2.24, 2.45) is 0 Å². The standard InChI is InChI=1S/C17H15BrFN3O/c1-10-16-3-2-4-21(16)5-6-22(10)17(23)15-9-12-13(19)7-11(18)8-14(12)20-15/h2-4,7-10,20H,5-6H2,1H3/t10-/m0/s1. The number of carbonyl (C=O) groups excluding carboxylic acids is 1. The fraction of sp³-hybridized carbons (Fsp3) is 0.235. The number of nitrogens with zero attached hydrogens (tertiary/aromatic N) is 2. The Morgan fingerprint density at radius 2 is 2.17 bits per heavy atom. The van der Waals surface area contributed by atoms with Gasteiger partial charge in [0.25, 0.3) is 5.91 Å². The Kier molecular flexibility index (Phi) is 3.30. The van der Waals surface area contributed by atoms with Crippen LogP contribution in [0.15, 0.2) is 41.0 Å². The van der Waals surface area contributed by atoms with Crippen molar-refractivity contribution < 1.29 is 9.18 Å². The van der Waals surface area contributed by atoms with E-state index in [2.05, 4.69) is 25.5 Å². The van der Waals surface area contributed by atoms with Gasteiger partial charge in [0.05, 0.1) is 11.6 Å². The van der Waals surface area contributed by atoms with E-state index in [1.54, 1.807) is 12.1 Å². The number of H-pyrrole nitrogens is 1. The summed E-state index contributed by atoms with van der Waals surface area (Å²) in [5, 5.41) is 0.435. The number of amides is 1. The highest BCUT2D eigenvalue weighted by Gasteiger charge is 2.29. The van der Waals surface area contributed by atoms with E-state index in [0.717, 1.165) is 12.2 Å². The molecular weight excluding hydrogens is 361 g/mol. The van der Waals surface area contributed by atoms with Crippen molar-refractivity contribution in [2.45, 2.75) is 19.5 Å². The monoisotopic (exact) mass is 375 g/mol. The van der Waals surface area contributed by atoms with Gasteiger partial charge in [0.1, 0.15) is 11.5 Å². The van der Waals surface area contributed by atoms with Crippen molar-refractivity contribution in [1.82, 2.24) is 14.5 Å². The van der Waals surface area contributed by atoms with E-state index < -0.39 is 0 Å². The molecule has 0 unspecified atom stereocenters. The smallest absolute Gasteiger partial charge is 0.270 e. The van der Waals surface area contributed by atoms with Crippen molar-refractivity contribution in [3.8, 4) is 0 Å². The number of hydrogen-bond donors (Lipinski definition) is 1. The van der Waals surface area contributed by atoms with Crippen molar-refractivity contribution >= 4 is 32.7 Å². The number of halogens is 2. The number of carbonyl (C=O) groups is 1. The Hall–Kier alpha value is -2.08. The van der Waals surface area contributed by atoms with Gasteiger partial charge in [-0.2, -0.15) is 0 Å². The molecule has 1 aromatic carbocycles. The van der Waals surface area contributed by atoms with Gasteiger partial charge in [0.2, 0.25) is 0 Å². The fourth-order valence-corrected chi connectivity index (χ4v) is 3.72. The summed E-state index contributed by atoms with van der Waals surface area (Å²) in [7, 11) is 0. The number of nitrogens with one attached hydrogen (secondary N) is 1. The van der Waals surface area contributed by atoms with Crippen LogP contribution in [0.1, 0.15) is 29.1 Å². The Morgan fingerprint density at radius 3 is 3.00 bits per heavy atom. The Morgan fingerprint density at radius 1 is 1.35 bits per heavy atom. The molecule has 1 aliphatic heterocycles. The van der Waals surface area contributed by atoms with E-state index in [9.17, 15) is 9.18 Å². The molecule has 3 heterocycles. The average molecular weight is 376 g/mol. The van der Waals surface area contributed by atoms with Gasteiger partial charge < -0.3 is 14.5 Å². The minimum atomic E-state index is -0.342. The lowest BCUT2D eigenvalue weighted by molar-refractivity contribution is 0.0639. The lowest BCUT2D eigenvalue weighted by Crippen LogP contribution is -2.40. The lowest BCUT2D eigenvalue weighted by Gasteiger charge is -2.34. The summed E-state index contributed by atoms with van der Waals surface area (Å²) in [5.41, 5.74) is 2.16. The number of rotatable bonds is 1. The minimum Gasteiger partial charge on any atom is -0.350 e. The predicted molar refractivity (Wildman–Crippen MR) is 89.8 cm³/mol. The Labute approximate surface area is 141 Å². The van der Waals surface area contributed by atoms with E-state index in [-0.39, 0.29) is 17.8 Å². The molecule has 0 radical (unpaired) electrons. The molecule has 0 saturated carbocycles. The number of fused-ring (bicyclic) bond motifs is 2. The largest absolute Gasteiger partial charge is 0.350 e. The SMILES string of the molecule is C[C@H]1c2cccn2CCN1C(=O)c1cc2c(F)cc(Br)cc2[nH]1. The van der Waals surface area contributed by atoms with Crippen LogP contribution >= 0.6 is 15.9 Å². The van der Waals surface area contributed by atoms with Gasteiger partial charge in [0, 0.05) is 34.8 Å². The first-order valence-corrected chi connectivity index (χ1v) is 8.27. The van der Waals surface area contributed by atoms with Crippen molar-refractivity contribution in [3.63, 3.8) is 0 Å². The van der Waals surface area contributed by atoms with Gasteiger partial charge in [-0.05, 0) is 37.3 Å². The summed E-state index contributed by atoms with van der Waals surface area (Å²) in [6.07, 6.45) is 2.03. The minimum absolute atomic E-state index is 0.00533. The second-order valence-corrected chi connectivity index (χ2v) is 6.75. The summed E-state index contributed by atoms with van der Waals surface area (Å²) < 4.78 is 16.8. The summed E-state index contributed by atoms with van der Waals surface area (Å²) in [6, 6.07) is 8.80. The van der Waals surface area contributed by atoms with Gasteiger partial charge in [0.15, 0.2) is 0 Å². The topological polar surface area (TPSA) is 41.0 Å². The van der Waals surface area contributed by atoms with Gasteiger partial charge in [-0.3, -0.25) is 4.79 Å². The van der Waals surface area contributed by atoms with Gasteiger partial charge >= 0.3 is 0 Å². The average Bonchev–Trinajstić information content (AvgIpc) is 3.13. The molecule has 4 rings (SSSR count). The van der Waals surface area contributed by atoms with E-state index in [4.69, 9.17) is 0 Å². The van der Waals surface area contributed by atoms with Crippen molar-refractivity contribution in [1.29, 1.82) is 0 Å². The van der Waals surface area contributed by atoms with Crippen LogP contribution in [0.3, 0.4) is 0 Å². The molecule has 6 heteroatoms. The maximum Gasteiger partial charge on any atom is 0.270 e. The van der Waals surface area contributed by atoms with Crippen LogP contribution in [0.25, 0.3) is 10.9 Å². The molecule has 2 aromatic heterocycles. The summed E-state index contributed by atoms with van der Waals surface area (Å²) >= 11 is 3.27. The van der Waals surface area contributed by atoms with Crippen LogP contribution in [-0.2, 0) is 6.54 Å². The molecule has 1 N–H and O–H groups in total. The Bertz CT molecular complexity index is 914. The zero-order valence-corrected chi connectivity index (χ0v) is 14.1. The third-order valence-corrected chi connectivity index (χ3v) is 4.94. The van der Waals surface area contributed by atoms with E-state index >= 15 is 0 Å². The number of benzene rings is 1. The molecule has 0 fully saturated rings. The molecule has 1 aliphatic rings. The number of aromatic amines is 1. The van der Waals surface area contributed by atoms with Gasteiger partial charge in [-0.1, -0.05) is 15.9 Å². The third kappa shape index (κ3) is 2.28. The zero-order valence-electron chi connectivity index (χ0n) is 12.5. The van der Waals surface area contributed by atoms with Gasteiger partial charge in [-0.15, -0.1) is 0 Å². The van der Waals surface area contributed by atoms with Crippen LogP contribution in [0.2, 0.25) is 0 Å². The highest BCUT2D eigenvalue weighted by Crippen LogP contribution is 2.29. The molecule has 1 atom stereocenters. The van der Waals surface area contributed by atoms with Crippen LogP contribution < -0.4 is 0 Å². The second-order valence-electron chi connectivity index (χ2n) is 5.83. The van der Waals surface area contributed by atoms with E-state index in [1.165, 1.54) is 6.07 Å². The van der Waals surface area contributed by atoms with E-state index in [1.807, 2.05) is 30.2 Å². The van der Waals surface area contributed by atoms with Crippen molar-refractivity contribution in [2.75, 3.05) is 6.54 Å². The molecule has 0 aliphatic carbocycles. The van der Waals surface area contributed by atoms with Gasteiger partial charge in [-0.25, -0.2) is 4.39 Å². The first-order chi connectivity index (χ1) is 11.0. The molecule has 1 amide bonds. The number of aromatic nitrogens is 2. The summed E-state index contributed by atoms with van der Waals surface area (Å²) in [6.45, 7) is 3.44. The van der Waals surface area contributed by atoms with Crippen LogP contribution in [0.4, 0.5) is 4.39 Å². The highest BCUT2D eigenvalue weighted by atomic mass is 79.9. The van der Waals surface area contributed by atoms with Crippen LogP contribution in [-0.4, -0.2) is 26.9 Å². The normalized spacial score (nSPS) is 17.5. The molecule has 23 heavy (non-hydrogen) atoms. The first-order valence-electron chi connectivity index (χ1n) is 7.48. The predicted octanol–water partition coefficient (Wildman–Crippen LogP) is 4.09. The molecule has 3 aromatic rings. The molecular formula is C17H15BrFN3O. The quantitative estimate of drug-likeness (QED) is 0.683. The third-order valence-electron chi connectivity index (χ3n) is 4.49. The lowest BCUT2D eigenvalue weighted by atomic mass is 10.1. The fourth-order valence-electron chi connectivity index (χ4n) is 3.29. The zero-order chi connectivity index (χ0) is 16.1. The summed E-state index contributed by atoms with van der Waals surface area (Å²) in [4.78, 5) is 17.7. The molecule has 4 nitrogen and oxygen atoms in total. The summed E-state index contributed by atoms with van der Waals surface area (Å²) in [5.74, 6) is -0.443.